The highest BCUT2D eigenvalue weighted by molar-refractivity contribution is 6.30. The Hall–Kier alpha value is -0.530. The first-order valence-electron chi connectivity index (χ1n) is 7.65. The van der Waals surface area contributed by atoms with E-state index in [1.807, 2.05) is 12.1 Å². The average molecular weight is 280 g/mol. The first-order valence-corrected chi connectivity index (χ1v) is 8.03. The van der Waals surface area contributed by atoms with E-state index >= 15 is 0 Å². The van der Waals surface area contributed by atoms with Crippen LogP contribution in [0.15, 0.2) is 24.3 Å². The molecule has 1 N–H and O–H groups in total. The molecule has 1 aromatic carbocycles. The van der Waals surface area contributed by atoms with Crippen molar-refractivity contribution in [2.24, 2.45) is 5.92 Å². The lowest BCUT2D eigenvalue weighted by Crippen LogP contribution is -2.32. The van der Waals surface area contributed by atoms with Crippen molar-refractivity contribution in [1.29, 1.82) is 0 Å². The summed E-state index contributed by atoms with van der Waals surface area (Å²) < 4.78 is 0. The largest absolute Gasteiger partial charge is 0.314 e. The molecular formula is C17H26ClN. The molecule has 0 saturated heterocycles. The molecule has 0 spiro atoms. The molecule has 0 amide bonds. The Kier molecular flexibility index (Phi) is 5.72. The van der Waals surface area contributed by atoms with Gasteiger partial charge in [0.1, 0.15) is 0 Å². The van der Waals surface area contributed by atoms with E-state index in [4.69, 9.17) is 11.6 Å². The van der Waals surface area contributed by atoms with E-state index < -0.39 is 0 Å². The summed E-state index contributed by atoms with van der Waals surface area (Å²) in [7, 11) is 0. The van der Waals surface area contributed by atoms with E-state index in [-0.39, 0.29) is 0 Å². The van der Waals surface area contributed by atoms with Crippen LogP contribution in [0.25, 0.3) is 0 Å². The molecule has 0 radical (unpaired) electrons. The van der Waals surface area contributed by atoms with E-state index in [0.29, 0.717) is 12.0 Å². The van der Waals surface area contributed by atoms with Crippen molar-refractivity contribution in [2.45, 2.75) is 57.9 Å². The Morgan fingerprint density at radius 2 is 1.74 bits per heavy atom. The monoisotopic (exact) mass is 279 g/mol. The number of hydrogen-bond donors (Lipinski definition) is 1. The van der Waals surface area contributed by atoms with Crippen LogP contribution in [0, 0.1) is 5.92 Å². The van der Waals surface area contributed by atoms with Gasteiger partial charge in [0, 0.05) is 17.6 Å². The molecule has 0 aromatic heterocycles. The number of rotatable bonds is 5. The van der Waals surface area contributed by atoms with Gasteiger partial charge < -0.3 is 5.32 Å². The number of benzene rings is 1. The zero-order chi connectivity index (χ0) is 13.7. The fraction of sp³-hybridized carbons (Fsp3) is 0.647. The minimum absolute atomic E-state index is 0.554. The Balaban J connectivity index is 2.10. The maximum absolute atomic E-state index is 6.01. The lowest BCUT2D eigenvalue weighted by molar-refractivity contribution is 0.293. The summed E-state index contributed by atoms with van der Waals surface area (Å²) in [5, 5.41) is 4.46. The average Bonchev–Trinajstić information content (AvgIpc) is 2.42. The summed E-state index contributed by atoms with van der Waals surface area (Å²) in [6.07, 6.45) is 6.98. The second-order valence-electron chi connectivity index (χ2n) is 6.12. The SMILES string of the molecule is CC(C)NCC(c1ccc(Cl)cc1)C1CCCCC1. The second-order valence-corrected chi connectivity index (χ2v) is 6.56. The minimum atomic E-state index is 0.554. The topological polar surface area (TPSA) is 12.0 Å². The molecule has 1 fully saturated rings. The Morgan fingerprint density at radius 3 is 2.32 bits per heavy atom. The highest BCUT2D eigenvalue weighted by atomic mass is 35.5. The molecule has 0 bridgehead atoms. The molecule has 1 aliphatic carbocycles. The van der Waals surface area contributed by atoms with Crippen molar-refractivity contribution >= 4 is 11.6 Å². The van der Waals surface area contributed by atoms with Crippen LogP contribution in [0.1, 0.15) is 57.4 Å². The van der Waals surface area contributed by atoms with E-state index in [2.05, 4.69) is 31.3 Å². The molecule has 1 atom stereocenters. The second kappa shape index (κ2) is 7.31. The molecule has 0 aliphatic heterocycles. The van der Waals surface area contributed by atoms with Crippen LogP contribution in [0.4, 0.5) is 0 Å². The van der Waals surface area contributed by atoms with Crippen LogP contribution in [0.2, 0.25) is 5.02 Å². The highest BCUT2D eigenvalue weighted by Crippen LogP contribution is 2.36. The van der Waals surface area contributed by atoms with Gasteiger partial charge >= 0.3 is 0 Å². The number of nitrogens with one attached hydrogen (secondary N) is 1. The Labute approximate surface area is 122 Å². The van der Waals surface area contributed by atoms with E-state index in [9.17, 15) is 0 Å². The van der Waals surface area contributed by atoms with Crippen molar-refractivity contribution in [1.82, 2.24) is 5.32 Å². The quantitative estimate of drug-likeness (QED) is 0.800. The van der Waals surface area contributed by atoms with Crippen molar-refractivity contribution in [3.05, 3.63) is 34.9 Å². The fourth-order valence-corrected chi connectivity index (χ4v) is 3.29. The molecule has 1 nitrogen and oxygen atoms in total. The summed E-state index contributed by atoms with van der Waals surface area (Å²) in [6, 6.07) is 9.04. The third-order valence-electron chi connectivity index (χ3n) is 4.26. The standard InChI is InChI=1S/C17H26ClN/c1-13(2)19-12-17(14-6-4-3-5-7-14)15-8-10-16(18)11-9-15/h8-11,13-14,17,19H,3-7,12H2,1-2H3. The molecule has 2 heteroatoms. The summed E-state index contributed by atoms with van der Waals surface area (Å²) in [5.74, 6) is 1.47. The van der Waals surface area contributed by atoms with Gasteiger partial charge in [0.15, 0.2) is 0 Å². The van der Waals surface area contributed by atoms with E-state index in [0.717, 1.165) is 17.5 Å². The molecule has 1 aromatic rings. The van der Waals surface area contributed by atoms with Gasteiger partial charge in [-0.15, -0.1) is 0 Å². The lowest BCUT2D eigenvalue weighted by Gasteiger charge is -2.31. The number of hydrogen-bond acceptors (Lipinski definition) is 1. The van der Waals surface area contributed by atoms with E-state index in [1.54, 1.807) is 0 Å². The van der Waals surface area contributed by atoms with Crippen LogP contribution < -0.4 is 5.32 Å². The minimum Gasteiger partial charge on any atom is -0.314 e. The molecule has 0 heterocycles. The zero-order valence-corrected chi connectivity index (χ0v) is 12.9. The first-order chi connectivity index (χ1) is 9.16. The molecule has 19 heavy (non-hydrogen) atoms. The fourth-order valence-electron chi connectivity index (χ4n) is 3.17. The molecule has 1 saturated carbocycles. The Bertz CT molecular complexity index is 365. The van der Waals surface area contributed by atoms with Crippen LogP contribution in [-0.4, -0.2) is 12.6 Å². The summed E-state index contributed by atoms with van der Waals surface area (Å²) >= 11 is 6.01. The van der Waals surface area contributed by atoms with E-state index in [1.165, 1.54) is 37.7 Å². The number of halogens is 1. The molecule has 1 aliphatic rings. The summed E-state index contributed by atoms with van der Waals surface area (Å²) in [4.78, 5) is 0. The molecule has 1 unspecified atom stereocenters. The van der Waals surface area contributed by atoms with Gasteiger partial charge in [0.2, 0.25) is 0 Å². The van der Waals surface area contributed by atoms with Crippen LogP contribution in [0.3, 0.4) is 0 Å². The predicted molar refractivity (Wildman–Crippen MR) is 83.9 cm³/mol. The van der Waals surface area contributed by atoms with Gasteiger partial charge in [-0.2, -0.15) is 0 Å². The summed E-state index contributed by atoms with van der Waals surface area (Å²) in [5.41, 5.74) is 1.45. The van der Waals surface area contributed by atoms with Gasteiger partial charge in [-0.05, 0) is 42.4 Å². The van der Waals surface area contributed by atoms with Crippen molar-refractivity contribution < 1.29 is 0 Å². The maximum Gasteiger partial charge on any atom is 0.0406 e. The van der Waals surface area contributed by atoms with Crippen molar-refractivity contribution in [3.63, 3.8) is 0 Å². The van der Waals surface area contributed by atoms with Crippen LogP contribution in [0.5, 0.6) is 0 Å². The van der Waals surface area contributed by atoms with Gasteiger partial charge in [0.05, 0.1) is 0 Å². The van der Waals surface area contributed by atoms with Crippen LogP contribution in [-0.2, 0) is 0 Å². The van der Waals surface area contributed by atoms with Gasteiger partial charge in [0.25, 0.3) is 0 Å². The maximum atomic E-state index is 6.01. The third kappa shape index (κ3) is 4.50. The Morgan fingerprint density at radius 1 is 1.11 bits per heavy atom. The van der Waals surface area contributed by atoms with Gasteiger partial charge in [-0.1, -0.05) is 56.8 Å². The van der Waals surface area contributed by atoms with Crippen molar-refractivity contribution in [2.75, 3.05) is 6.54 Å². The lowest BCUT2D eigenvalue weighted by atomic mass is 9.76. The predicted octanol–water partition coefficient (Wildman–Crippen LogP) is 5.00. The first kappa shape index (κ1) is 14.9. The zero-order valence-electron chi connectivity index (χ0n) is 12.2. The summed E-state index contributed by atoms with van der Waals surface area (Å²) in [6.45, 7) is 5.53. The van der Waals surface area contributed by atoms with Gasteiger partial charge in [-0.3, -0.25) is 0 Å². The van der Waals surface area contributed by atoms with Gasteiger partial charge in [-0.25, -0.2) is 0 Å². The molecular weight excluding hydrogens is 254 g/mol. The van der Waals surface area contributed by atoms with Crippen molar-refractivity contribution in [3.8, 4) is 0 Å². The smallest absolute Gasteiger partial charge is 0.0406 e. The highest BCUT2D eigenvalue weighted by Gasteiger charge is 2.24. The third-order valence-corrected chi connectivity index (χ3v) is 4.52. The van der Waals surface area contributed by atoms with Crippen LogP contribution >= 0.6 is 11.6 Å². The molecule has 106 valence electrons. The molecule has 2 rings (SSSR count). The normalized spacial score (nSPS) is 18.7.